The number of nitrogens with zero attached hydrogens (tertiary/aromatic N) is 2. The first-order valence-corrected chi connectivity index (χ1v) is 7.94. The Morgan fingerprint density at radius 2 is 2.21 bits per heavy atom. The maximum absolute atomic E-state index is 6.29. The summed E-state index contributed by atoms with van der Waals surface area (Å²) in [6, 6.07) is 4.00. The van der Waals surface area contributed by atoms with Gasteiger partial charge in [0.2, 0.25) is 0 Å². The molecule has 0 atom stereocenters. The molecule has 2 aromatic rings. The topological polar surface area (TPSA) is 28.2 Å². The molecule has 1 aromatic heterocycles. The molecule has 0 amide bonds. The average Bonchev–Trinajstić information content (AvgIpc) is 2.88. The van der Waals surface area contributed by atoms with Crippen molar-refractivity contribution in [2.75, 3.05) is 32.0 Å². The smallest absolute Gasteiger partial charge is 0.106 e. The van der Waals surface area contributed by atoms with Crippen molar-refractivity contribution in [3.63, 3.8) is 0 Å². The van der Waals surface area contributed by atoms with Gasteiger partial charge in [0.05, 0.1) is 20.9 Å². The lowest BCUT2D eigenvalue weighted by Crippen LogP contribution is -2.33. The molecule has 19 heavy (non-hydrogen) atoms. The van der Waals surface area contributed by atoms with E-state index < -0.39 is 0 Å². The van der Waals surface area contributed by atoms with Gasteiger partial charge in [-0.2, -0.15) is 0 Å². The molecule has 1 N–H and O–H groups in total. The highest BCUT2D eigenvalue weighted by Gasteiger charge is 2.17. The van der Waals surface area contributed by atoms with Crippen LogP contribution in [0.25, 0.3) is 10.2 Å². The third-order valence-electron chi connectivity index (χ3n) is 3.86. The van der Waals surface area contributed by atoms with Crippen LogP contribution in [0.3, 0.4) is 0 Å². The van der Waals surface area contributed by atoms with E-state index in [4.69, 9.17) is 11.6 Å². The molecular formula is C14H18ClN3S. The number of halogens is 1. The van der Waals surface area contributed by atoms with Crippen LogP contribution in [-0.4, -0.2) is 36.6 Å². The minimum Gasteiger partial charge on any atom is -0.382 e. The summed E-state index contributed by atoms with van der Waals surface area (Å²) in [6.07, 6.45) is 2.52. The van der Waals surface area contributed by atoms with Crippen molar-refractivity contribution >= 4 is 38.8 Å². The lowest BCUT2D eigenvalue weighted by atomic mass is 9.97. The van der Waals surface area contributed by atoms with Crippen LogP contribution >= 0.6 is 22.9 Å². The summed E-state index contributed by atoms with van der Waals surface area (Å²) in [6.45, 7) is 3.38. The second kappa shape index (κ2) is 5.65. The van der Waals surface area contributed by atoms with Crippen molar-refractivity contribution in [1.82, 2.24) is 9.88 Å². The number of rotatable bonds is 3. The molecule has 1 aromatic carbocycles. The molecular weight excluding hydrogens is 278 g/mol. The van der Waals surface area contributed by atoms with Crippen molar-refractivity contribution in [2.45, 2.75) is 12.8 Å². The van der Waals surface area contributed by atoms with Crippen molar-refractivity contribution in [1.29, 1.82) is 0 Å². The number of aromatic nitrogens is 1. The van der Waals surface area contributed by atoms with E-state index in [1.54, 1.807) is 11.3 Å². The molecule has 0 radical (unpaired) electrons. The Hall–Kier alpha value is -0.840. The SMILES string of the molecule is CN1CCC(CNc2c(Cl)ccc3scnc23)CC1. The number of piperidine rings is 1. The summed E-state index contributed by atoms with van der Waals surface area (Å²) in [5, 5.41) is 4.29. The lowest BCUT2D eigenvalue weighted by Gasteiger charge is -2.29. The van der Waals surface area contributed by atoms with E-state index in [1.165, 1.54) is 30.6 Å². The van der Waals surface area contributed by atoms with Crippen LogP contribution in [0.1, 0.15) is 12.8 Å². The number of benzene rings is 1. The van der Waals surface area contributed by atoms with Gasteiger partial charge in [0, 0.05) is 6.54 Å². The van der Waals surface area contributed by atoms with Crippen molar-refractivity contribution < 1.29 is 0 Å². The highest BCUT2D eigenvalue weighted by molar-refractivity contribution is 7.16. The maximum Gasteiger partial charge on any atom is 0.106 e. The summed E-state index contributed by atoms with van der Waals surface area (Å²) >= 11 is 7.95. The van der Waals surface area contributed by atoms with E-state index in [0.717, 1.165) is 28.7 Å². The zero-order valence-electron chi connectivity index (χ0n) is 11.0. The van der Waals surface area contributed by atoms with Crippen LogP contribution in [0, 0.1) is 5.92 Å². The largest absolute Gasteiger partial charge is 0.382 e. The molecule has 0 spiro atoms. The first kappa shape index (κ1) is 13.2. The summed E-state index contributed by atoms with van der Waals surface area (Å²) < 4.78 is 1.19. The quantitative estimate of drug-likeness (QED) is 0.936. The zero-order valence-corrected chi connectivity index (χ0v) is 12.6. The minimum absolute atomic E-state index is 0.737. The van der Waals surface area contributed by atoms with E-state index in [2.05, 4.69) is 22.2 Å². The molecule has 0 saturated carbocycles. The molecule has 1 saturated heterocycles. The second-order valence-electron chi connectivity index (χ2n) is 5.25. The zero-order chi connectivity index (χ0) is 13.2. The Kier molecular flexibility index (Phi) is 3.91. The first-order valence-electron chi connectivity index (χ1n) is 6.68. The van der Waals surface area contributed by atoms with Gasteiger partial charge in [-0.15, -0.1) is 11.3 Å². The number of hydrogen-bond acceptors (Lipinski definition) is 4. The van der Waals surface area contributed by atoms with Crippen molar-refractivity contribution in [2.24, 2.45) is 5.92 Å². The van der Waals surface area contributed by atoms with Crippen LogP contribution in [-0.2, 0) is 0 Å². The maximum atomic E-state index is 6.29. The summed E-state index contributed by atoms with van der Waals surface area (Å²) in [5.41, 5.74) is 3.88. The van der Waals surface area contributed by atoms with Crippen LogP contribution in [0.4, 0.5) is 5.69 Å². The fourth-order valence-electron chi connectivity index (χ4n) is 2.59. The molecule has 0 unspecified atom stereocenters. The molecule has 3 rings (SSSR count). The van der Waals surface area contributed by atoms with E-state index in [1.807, 2.05) is 17.6 Å². The number of anilines is 1. The molecule has 3 nitrogen and oxygen atoms in total. The number of hydrogen-bond donors (Lipinski definition) is 1. The average molecular weight is 296 g/mol. The number of likely N-dealkylation sites (tertiary alicyclic amines) is 1. The standard InChI is InChI=1S/C14H18ClN3S/c1-18-6-4-10(5-7-18)8-16-13-11(15)2-3-12-14(13)17-9-19-12/h2-3,9-10,16H,4-8H2,1H3. The van der Waals surface area contributed by atoms with Crippen molar-refractivity contribution in [3.8, 4) is 0 Å². The molecule has 2 heterocycles. The van der Waals surface area contributed by atoms with Crippen LogP contribution in [0.15, 0.2) is 17.6 Å². The van der Waals surface area contributed by atoms with E-state index in [-0.39, 0.29) is 0 Å². The normalized spacial score (nSPS) is 18.0. The third kappa shape index (κ3) is 2.86. The third-order valence-corrected chi connectivity index (χ3v) is 4.97. The number of thiazole rings is 1. The lowest BCUT2D eigenvalue weighted by molar-refractivity contribution is 0.226. The molecule has 5 heteroatoms. The minimum atomic E-state index is 0.737. The number of fused-ring (bicyclic) bond motifs is 1. The van der Waals surface area contributed by atoms with E-state index in [9.17, 15) is 0 Å². The molecule has 1 aliphatic heterocycles. The first-order chi connectivity index (χ1) is 9.24. The Morgan fingerprint density at radius 3 is 3.00 bits per heavy atom. The number of nitrogens with one attached hydrogen (secondary N) is 1. The summed E-state index contributed by atoms with van der Waals surface area (Å²) in [5.74, 6) is 0.737. The van der Waals surface area contributed by atoms with Crippen LogP contribution < -0.4 is 5.32 Å². The molecule has 0 bridgehead atoms. The van der Waals surface area contributed by atoms with Crippen LogP contribution in [0.5, 0.6) is 0 Å². The molecule has 102 valence electrons. The van der Waals surface area contributed by atoms with Gasteiger partial charge in [0.25, 0.3) is 0 Å². The van der Waals surface area contributed by atoms with Gasteiger partial charge >= 0.3 is 0 Å². The van der Waals surface area contributed by atoms with Gasteiger partial charge in [-0.05, 0) is 51.0 Å². The molecule has 0 aliphatic carbocycles. The summed E-state index contributed by atoms with van der Waals surface area (Å²) in [4.78, 5) is 6.81. The van der Waals surface area contributed by atoms with Gasteiger partial charge in [-0.1, -0.05) is 11.6 Å². The highest BCUT2D eigenvalue weighted by atomic mass is 35.5. The Labute approximate surface area is 122 Å². The summed E-state index contributed by atoms with van der Waals surface area (Å²) in [7, 11) is 2.19. The predicted molar refractivity (Wildman–Crippen MR) is 83.3 cm³/mol. The van der Waals surface area contributed by atoms with Gasteiger partial charge in [-0.3, -0.25) is 0 Å². The van der Waals surface area contributed by atoms with Gasteiger partial charge in [-0.25, -0.2) is 4.98 Å². The van der Waals surface area contributed by atoms with Crippen molar-refractivity contribution in [3.05, 3.63) is 22.7 Å². The fraction of sp³-hybridized carbons (Fsp3) is 0.500. The Morgan fingerprint density at radius 1 is 1.42 bits per heavy atom. The predicted octanol–water partition coefficient (Wildman–Crippen LogP) is 3.70. The molecule has 1 aliphatic rings. The van der Waals surface area contributed by atoms with Crippen LogP contribution in [0.2, 0.25) is 5.02 Å². The Balaban J connectivity index is 1.71. The fourth-order valence-corrected chi connectivity index (χ4v) is 3.49. The van der Waals surface area contributed by atoms with E-state index >= 15 is 0 Å². The van der Waals surface area contributed by atoms with Gasteiger partial charge < -0.3 is 10.2 Å². The van der Waals surface area contributed by atoms with Gasteiger partial charge in [0.15, 0.2) is 0 Å². The second-order valence-corrected chi connectivity index (χ2v) is 6.54. The highest BCUT2D eigenvalue weighted by Crippen LogP contribution is 2.32. The van der Waals surface area contributed by atoms with E-state index in [0.29, 0.717) is 0 Å². The monoisotopic (exact) mass is 295 g/mol. The van der Waals surface area contributed by atoms with Gasteiger partial charge in [0.1, 0.15) is 5.52 Å². The Bertz CT molecular complexity index is 561. The molecule has 1 fully saturated rings.